The van der Waals surface area contributed by atoms with Crippen LogP contribution in [0.25, 0.3) is 0 Å². The fourth-order valence-corrected chi connectivity index (χ4v) is 1.31. The maximum Gasteiger partial charge on any atom is 0.344 e. The first kappa shape index (κ1) is 13.1. The predicted molar refractivity (Wildman–Crippen MR) is 46.4 cm³/mol. The van der Waals surface area contributed by atoms with E-state index >= 15 is 0 Å². The van der Waals surface area contributed by atoms with Crippen LogP contribution in [0.15, 0.2) is 0 Å². The van der Waals surface area contributed by atoms with Crippen LogP contribution in [0, 0.1) is 0 Å². The van der Waals surface area contributed by atoms with Crippen LogP contribution in [0.2, 0.25) is 0 Å². The van der Waals surface area contributed by atoms with E-state index in [0.717, 1.165) is 14.2 Å². The number of rotatable bonds is 4. The van der Waals surface area contributed by atoms with E-state index in [0.29, 0.717) is 0 Å². The molecule has 0 bridgehead atoms. The summed E-state index contributed by atoms with van der Waals surface area (Å²) in [6.45, 7) is 1.17. The van der Waals surface area contributed by atoms with Crippen molar-refractivity contribution in [3.05, 3.63) is 0 Å². The quantitative estimate of drug-likeness (QED) is 0.537. The molecule has 82 valence electrons. The molecule has 0 aliphatic heterocycles. The number of hydrogen-bond donors (Lipinski definition) is 1. The molecule has 0 atom stereocenters. The highest BCUT2D eigenvalue weighted by atomic mass is 31.2. The molecule has 0 saturated carbocycles. The Morgan fingerprint density at radius 3 is 2.14 bits per heavy atom. The van der Waals surface area contributed by atoms with E-state index in [-0.39, 0.29) is 0 Å². The Bertz CT molecular complexity index is 257. The van der Waals surface area contributed by atoms with Crippen LogP contribution in [0.3, 0.4) is 0 Å². The third-order valence-corrected chi connectivity index (χ3v) is 2.95. The minimum Gasteiger partial charge on any atom is -0.340 e. The van der Waals surface area contributed by atoms with Gasteiger partial charge in [-0.25, -0.2) is 4.79 Å². The lowest BCUT2D eigenvalue weighted by atomic mass is 10.8. The van der Waals surface area contributed by atoms with Crippen molar-refractivity contribution >= 4 is 19.5 Å². The molecule has 14 heavy (non-hydrogen) atoms. The Hall–Kier alpha value is -0.910. The van der Waals surface area contributed by atoms with E-state index in [1.807, 2.05) is 0 Å². The monoisotopic (exact) mass is 225 g/mol. The van der Waals surface area contributed by atoms with Crippen LogP contribution in [-0.2, 0) is 28.0 Å². The van der Waals surface area contributed by atoms with Crippen LogP contribution < -0.4 is 5.48 Å². The molecule has 0 aromatic rings. The van der Waals surface area contributed by atoms with Gasteiger partial charge in [-0.15, -0.1) is 0 Å². The fourth-order valence-electron chi connectivity index (χ4n) is 0.523. The van der Waals surface area contributed by atoms with Gasteiger partial charge in [0.15, 0.2) is 6.16 Å². The number of hydrogen-bond acceptors (Lipinski definition) is 6. The van der Waals surface area contributed by atoms with Gasteiger partial charge in [-0.2, -0.15) is 5.48 Å². The minimum absolute atomic E-state index is 0.539. The second kappa shape index (κ2) is 5.74. The normalized spacial score (nSPS) is 10.8. The third kappa shape index (κ3) is 4.96. The number of carbonyl (C=O) groups is 2. The molecule has 0 aromatic heterocycles. The summed E-state index contributed by atoms with van der Waals surface area (Å²) < 4.78 is 20.3. The van der Waals surface area contributed by atoms with Crippen molar-refractivity contribution in [3.8, 4) is 0 Å². The van der Waals surface area contributed by atoms with Crippen molar-refractivity contribution in [1.29, 1.82) is 0 Å². The van der Waals surface area contributed by atoms with Gasteiger partial charge in [0.2, 0.25) is 5.91 Å². The first-order chi connectivity index (χ1) is 6.43. The molecule has 0 fully saturated rings. The number of amides is 1. The van der Waals surface area contributed by atoms with Crippen molar-refractivity contribution in [1.82, 2.24) is 5.48 Å². The van der Waals surface area contributed by atoms with Crippen LogP contribution in [-0.4, -0.2) is 32.3 Å². The van der Waals surface area contributed by atoms with Crippen LogP contribution >= 0.6 is 7.60 Å². The maximum absolute atomic E-state index is 11.3. The standard InChI is InChI=1S/C6H12NO6P/c1-5(8)7-13-6(9)4-14(10,11-2)12-3/h4H2,1-3H3,(H,7,8). The Balaban J connectivity index is 4.05. The minimum atomic E-state index is -3.42. The van der Waals surface area contributed by atoms with Gasteiger partial charge in [0.25, 0.3) is 0 Å². The summed E-state index contributed by atoms with van der Waals surface area (Å²) in [4.78, 5) is 25.5. The van der Waals surface area contributed by atoms with Crippen LogP contribution in [0.1, 0.15) is 6.92 Å². The number of hydroxylamine groups is 1. The lowest BCUT2D eigenvalue weighted by Gasteiger charge is -2.11. The van der Waals surface area contributed by atoms with Crippen molar-refractivity contribution in [2.45, 2.75) is 6.92 Å². The molecule has 8 heteroatoms. The van der Waals surface area contributed by atoms with Gasteiger partial charge in [-0.3, -0.25) is 9.36 Å². The Morgan fingerprint density at radius 1 is 1.29 bits per heavy atom. The van der Waals surface area contributed by atoms with E-state index in [1.165, 1.54) is 6.92 Å². The summed E-state index contributed by atoms with van der Waals surface area (Å²) in [5.41, 5.74) is 1.80. The Kier molecular flexibility index (Phi) is 5.37. The summed E-state index contributed by atoms with van der Waals surface area (Å²) in [5, 5.41) is 0. The van der Waals surface area contributed by atoms with E-state index in [2.05, 4.69) is 13.9 Å². The predicted octanol–water partition coefficient (Wildman–Crippen LogP) is 0.0666. The van der Waals surface area contributed by atoms with Gasteiger partial charge in [-0.1, -0.05) is 0 Å². The van der Waals surface area contributed by atoms with Crippen molar-refractivity contribution in [3.63, 3.8) is 0 Å². The second-order valence-electron chi connectivity index (χ2n) is 2.27. The van der Waals surface area contributed by atoms with Gasteiger partial charge in [0, 0.05) is 21.1 Å². The van der Waals surface area contributed by atoms with Gasteiger partial charge in [0.1, 0.15) is 0 Å². The molecule has 0 aromatic carbocycles. The lowest BCUT2D eigenvalue weighted by Crippen LogP contribution is -2.26. The van der Waals surface area contributed by atoms with Gasteiger partial charge in [-0.05, 0) is 0 Å². The van der Waals surface area contributed by atoms with Gasteiger partial charge in [0.05, 0.1) is 0 Å². The van der Waals surface area contributed by atoms with Crippen LogP contribution in [0.4, 0.5) is 0 Å². The first-order valence-corrected chi connectivity index (χ1v) is 5.33. The average Bonchev–Trinajstić information content (AvgIpc) is 2.14. The SMILES string of the molecule is COP(=O)(CC(=O)ONC(C)=O)OC. The molecule has 7 nitrogen and oxygen atoms in total. The number of carbonyl (C=O) groups excluding carboxylic acids is 2. The van der Waals surface area contributed by atoms with Gasteiger partial charge < -0.3 is 13.9 Å². The highest BCUT2D eigenvalue weighted by Crippen LogP contribution is 2.45. The van der Waals surface area contributed by atoms with E-state index in [1.54, 1.807) is 5.48 Å². The van der Waals surface area contributed by atoms with E-state index < -0.39 is 25.6 Å². The molecule has 1 amide bonds. The topological polar surface area (TPSA) is 90.9 Å². The largest absolute Gasteiger partial charge is 0.344 e. The second-order valence-corrected chi connectivity index (χ2v) is 4.53. The van der Waals surface area contributed by atoms with Gasteiger partial charge >= 0.3 is 13.6 Å². The molecule has 1 N–H and O–H groups in total. The Morgan fingerprint density at radius 2 is 1.79 bits per heavy atom. The molecule has 0 rings (SSSR count). The van der Waals surface area contributed by atoms with Crippen molar-refractivity contribution in [2.75, 3.05) is 20.4 Å². The fraction of sp³-hybridized carbons (Fsp3) is 0.667. The van der Waals surface area contributed by atoms with Crippen LogP contribution in [0.5, 0.6) is 0 Å². The van der Waals surface area contributed by atoms with E-state index in [4.69, 9.17) is 0 Å². The molecule has 0 radical (unpaired) electrons. The summed E-state index contributed by atoms with van der Waals surface area (Å²) in [6, 6.07) is 0. The molecule has 0 aliphatic rings. The zero-order valence-electron chi connectivity index (χ0n) is 8.10. The average molecular weight is 225 g/mol. The molecule has 0 saturated heterocycles. The molecular weight excluding hydrogens is 213 g/mol. The number of nitrogens with one attached hydrogen (secondary N) is 1. The molecular formula is C6H12NO6P. The third-order valence-electron chi connectivity index (χ3n) is 1.19. The zero-order valence-corrected chi connectivity index (χ0v) is 9.00. The molecule has 0 spiro atoms. The zero-order chi connectivity index (χ0) is 11.2. The molecule has 0 aliphatic carbocycles. The smallest absolute Gasteiger partial charge is 0.340 e. The van der Waals surface area contributed by atoms with Crippen molar-refractivity contribution in [2.24, 2.45) is 0 Å². The maximum atomic E-state index is 11.3. The Labute approximate surface area is 81.2 Å². The van der Waals surface area contributed by atoms with E-state index in [9.17, 15) is 14.2 Å². The summed E-state index contributed by atoms with van der Waals surface area (Å²) in [6.07, 6.45) is -0.555. The molecule has 0 heterocycles. The highest BCUT2D eigenvalue weighted by molar-refractivity contribution is 7.54. The highest BCUT2D eigenvalue weighted by Gasteiger charge is 2.26. The lowest BCUT2D eigenvalue weighted by molar-refractivity contribution is -0.155. The summed E-state index contributed by atoms with van der Waals surface area (Å²) in [7, 11) is -1.13. The molecule has 0 unspecified atom stereocenters. The summed E-state index contributed by atoms with van der Waals surface area (Å²) >= 11 is 0. The summed E-state index contributed by atoms with van der Waals surface area (Å²) in [5.74, 6) is -1.43. The van der Waals surface area contributed by atoms with Crippen molar-refractivity contribution < 1.29 is 28.0 Å². The first-order valence-electron chi connectivity index (χ1n) is 3.60.